The fourth-order valence-electron chi connectivity index (χ4n) is 4.43. The van der Waals surface area contributed by atoms with E-state index in [1.165, 1.54) is 38.6 Å². The maximum absolute atomic E-state index is 5.37. The van der Waals surface area contributed by atoms with Crippen molar-refractivity contribution in [2.45, 2.75) is 12.3 Å². The Labute approximate surface area is 153 Å². The summed E-state index contributed by atoms with van der Waals surface area (Å²) in [6.45, 7) is 2.35. The molecular formula is C25H20O. The van der Waals surface area contributed by atoms with Crippen molar-refractivity contribution in [1.29, 1.82) is 0 Å². The highest BCUT2D eigenvalue weighted by Gasteiger charge is 2.40. The molecule has 1 heteroatoms. The van der Waals surface area contributed by atoms with Gasteiger partial charge >= 0.3 is 0 Å². The van der Waals surface area contributed by atoms with E-state index < -0.39 is 0 Å². The molecule has 0 unspecified atom stereocenters. The van der Waals surface area contributed by atoms with Crippen LogP contribution in [-0.4, -0.2) is 7.11 Å². The topological polar surface area (TPSA) is 9.23 Å². The zero-order valence-electron chi connectivity index (χ0n) is 15.0. The number of methoxy groups -OCH3 is 1. The number of ether oxygens (including phenoxy) is 1. The molecule has 1 aliphatic carbocycles. The van der Waals surface area contributed by atoms with Crippen LogP contribution in [0.25, 0.3) is 21.9 Å². The minimum Gasteiger partial charge on any atom is -0.497 e. The van der Waals surface area contributed by atoms with Crippen LogP contribution in [0.2, 0.25) is 0 Å². The Kier molecular flexibility index (Phi) is 3.20. The van der Waals surface area contributed by atoms with Gasteiger partial charge in [-0.05, 0) is 63.7 Å². The van der Waals surface area contributed by atoms with E-state index in [9.17, 15) is 0 Å². The van der Waals surface area contributed by atoms with Crippen molar-refractivity contribution in [3.8, 4) is 16.9 Å². The van der Waals surface area contributed by atoms with Crippen LogP contribution in [0.3, 0.4) is 0 Å². The van der Waals surface area contributed by atoms with E-state index in [1.807, 2.05) is 6.07 Å². The Morgan fingerprint density at radius 1 is 0.654 bits per heavy atom. The molecule has 0 atom stereocenters. The van der Waals surface area contributed by atoms with Crippen molar-refractivity contribution in [2.75, 3.05) is 7.11 Å². The summed E-state index contributed by atoms with van der Waals surface area (Å²) in [5, 5.41) is 2.45. The van der Waals surface area contributed by atoms with Crippen LogP contribution < -0.4 is 4.74 Å². The average Bonchev–Trinajstić information content (AvgIpc) is 2.98. The first-order chi connectivity index (χ1) is 12.7. The summed E-state index contributed by atoms with van der Waals surface area (Å²) in [6.07, 6.45) is 0. The summed E-state index contributed by atoms with van der Waals surface area (Å²) in [4.78, 5) is 0. The van der Waals surface area contributed by atoms with E-state index in [1.54, 1.807) is 7.11 Å². The zero-order chi connectivity index (χ0) is 17.7. The van der Waals surface area contributed by atoms with Gasteiger partial charge in [-0.3, -0.25) is 0 Å². The lowest BCUT2D eigenvalue weighted by Gasteiger charge is -2.28. The summed E-state index contributed by atoms with van der Waals surface area (Å²) in [6, 6.07) is 30.7. The molecular weight excluding hydrogens is 316 g/mol. The monoisotopic (exact) mass is 336 g/mol. The van der Waals surface area contributed by atoms with E-state index in [0.717, 1.165) is 5.75 Å². The predicted octanol–water partition coefficient (Wildman–Crippen LogP) is 6.18. The van der Waals surface area contributed by atoms with Gasteiger partial charge < -0.3 is 4.74 Å². The molecule has 0 radical (unpaired) electrons. The van der Waals surface area contributed by atoms with E-state index in [2.05, 4.69) is 85.8 Å². The highest BCUT2D eigenvalue weighted by molar-refractivity contribution is 5.88. The van der Waals surface area contributed by atoms with Crippen LogP contribution in [-0.2, 0) is 5.41 Å². The molecule has 26 heavy (non-hydrogen) atoms. The fraction of sp³-hybridized carbons (Fsp3) is 0.120. The minimum absolute atomic E-state index is 0.138. The molecule has 1 aliphatic rings. The Bertz CT molecular complexity index is 1090. The molecule has 1 nitrogen and oxygen atoms in total. The lowest BCUT2D eigenvalue weighted by Crippen LogP contribution is -2.22. The molecule has 0 saturated carbocycles. The lowest BCUT2D eigenvalue weighted by atomic mass is 9.74. The first kappa shape index (κ1) is 15.2. The second-order valence-corrected chi connectivity index (χ2v) is 7.14. The Morgan fingerprint density at radius 2 is 1.23 bits per heavy atom. The first-order valence-corrected chi connectivity index (χ1v) is 8.99. The van der Waals surface area contributed by atoms with Gasteiger partial charge in [0.1, 0.15) is 5.75 Å². The van der Waals surface area contributed by atoms with Gasteiger partial charge in [-0.25, -0.2) is 0 Å². The van der Waals surface area contributed by atoms with Gasteiger partial charge in [0.25, 0.3) is 0 Å². The maximum Gasteiger partial charge on any atom is 0.119 e. The van der Waals surface area contributed by atoms with Crippen molar-refractivity contribution >= 4 is 10.8 Å². The second-order valence-electron chi connectivity index (χ2n) is 7.14. The van der Waals surface area contributed by atoms with E-state index in [4.69, 9.17) is 4.74 Å². The third kappa shape index (κ3) is 1.97. The van der Waals surface area contributed by atoms with E-state index in [0.29, 0.717) is 0 Å². The first-order valence-electron chi connectivity index (χ1n) is 8.99. The smallest absolute Gasteiger partial charge is 0.119 e. The third-order valence-electron chi connectivity index (χ3n) is 5.85. The van der Waals surface area contributed by atoms with Crippen molar-refractivity contribution in [1.82, 2.24) is 0 Å². The molecule has 0 saturated heterocycles. The van der Waals surface area contributed by atoms with E-state index >= 15 is 0 Å². The summed E-state index contributed by atoms with van der Waals surface area (Å²) >= 11 is 0. The van der Waals surface area contributed by atoms with Crippen molar-refractivity contribution in [2.24, 2.45) is 0 Å². The molecule has 0 spiro atoms. The molecule has 4 aromatic rings. The zero-order valence-corrected chi connectivity index (χ0v) is 15.0. The van der Waals surface area contributed by atoms with Crippen LogP contribution in [0.1, 0.15) is 23.6 Å². The Morgan fingerprint density at radius 3 is 1.88 bits per heavy atom. The molecule has 0 amide bonds. The van der Waals surface area contributed by atoms with Crippen LogP contribution in [0.5, 0.6) is 5.75 Å². The molecule has 5 rings (SSSR count). The largest absolute Gasteiger partial charge is 0.497 e. The van der Waals surface area contributed by atoms with Gasteiger partial charge in [0.2, 0.25) is 0 Å². The third-order valence-corrected chi connectivity index (χ3v) is 5.85. The minimum atomic E-state index is -0.138. The fourth-order valence-corrected chi connectivity index (χ4v) is 4.43. The van der Waals surface area contributed by atoms with Gasteiger partial charge in [0.15, 0.2) is 0 Å². The standard InChI is InChI=1S/C25H20O/c1-25(19-13-11-18-16-20(26-2)14-12-17(18)15-19)23-9-5-3-7-21(23)22-8-4-6-10-24(22)25/h3-16H,1-2H3. The normalized spacial score (nSPS) is 14.1. The quantitative estimate of drug-likeness (QED) is 0.424. The van der Waals surface area contributed by atoms with Crippen LogP contribution in [0, 0.1) is 0 Å². The van der Waals surface area contributed by atoms with Crippen LogP contribution >= 0.6 is 0 Å². The SMILES string of the molecule is COc1ccc2cc(C3(C)c4ccccc4-c4ccccc43)ccc2c1. The maximum atomic E-state index is 5.37. The molecule has 4 aromatic carbocycles. The van der Waals surface area contributed by atoms with Crippen LogP contribution in [0.4, 0.5) is 0 Å². The van der Waals surface area contributed by atoms with Gasteiger partial charge in [-0.2, -0.15) is 0 Å². The molecule has 126 valence electrons. The Balaban J connectivity index is 1.78. The van der Waals surface area contributed by atoms with Crippen molar-refractivity contribution in [3.63, 3.8) is 0 Å². The summed E-state index contributed by atoms with van der Waals surface area (Å²) in [5.41, 5.74) is 6.65. The molecule has 0 aliphatic heterocycles. The molecule has 0 bridgehead atoms. The van der Waals surface area contributed by atoms with Gasteiger partial charge in [-0.1, -0.05) is 66.7 Å². The summed E-state index contributed by atoms with van der Waals surface area (Å²) in [7, 11) is 1.71. The van der Waals surface area contributed by atoms with Crippen molar-refractivity contribution in [3.05, 3.63) is 102 Å². The lowest BCUT2D eigenvalue weighted by molar-refractivity contribution is 0.415. The summed E-state index contributed by atoms with van der Waals surface area (Å²) < 4.78 is 5.37. The summed E-state index contributed by atoms with van der Waals surface area (Å²) in [5.74, 6) is 0.896. The van der Waals surface area contributed by atoms with Crippen LogP contribution in [0.15, 0.2) is 84.9 Å². The number of rotatable bonds is 2. The average molecular weight is 336 g/mol. The van der Waals surface area contributed by atoms with E-state index in [-0.39, 0.29) is 5.41 Å². The highest BCUT2D eigenvalue weighted by atomic mass is 16.5. The van der Waals surface area contributed by atoms with Gasteiger partial charge in [0, 0.05) is 5.41 Å². The molecule has 0 N–H and O–H groups in total. The number of fused-ring (bicyclic) bond motifs is 4. The molecule has 0 heterocycles. The molecule has 0 fully saturated rings. The Hall–Kier alpha value is -3.06. The number of hydrogen-bond acceptors (Lipinski definition) is 1. The van der Waals surface area contributed by atoms with Crippen molar-refractivity contribution < 1.29 is 4.74 Å². The second kappa shape index (κ2) is 5.47. The predicted molar refractivity (Wildman–Crippen MR) is 108 cm³/mol. The number of benzene rings is 4. The van der Waals surface area contributed by atoms with Gasteiger partial charge in [-0.15, -0.1) is 0 Å². The van der Waals surface area contributed by atoms with Gasteiger partial charge in [0.05, 0.1) is 7.11 Å². The number of hydrogen-bond donors (Lipinski definition) is 0. The molecule has 0 aromatic heterocycles. The highest BCUT2D eigenvalue weighted by Crippen LogP contribution is 2.52.